The van der Waals surface area contributed by atoms with Crippen LogP contribution >= 0.6 is 0 Å². The van der Waals surface area contributed by atoms with Crippen LogP contribution in [0.4, 0.5) is 4.79 Å². The summed E-state index contributed by atoms with van der Waals surface area (Å²) >= 11 is 0. The number of carbonyl (C=O) groups is 2. The van der Waals surface area contributed by atoms with Gasteiger partial charge in [0.1, 0.15) is 6.10 Å². The molecule has 4 unspecified atom stereocenters. The molecule has 0 aromatic heterocycles. The van der Waals surface area contributed by atoms with Crippen LogP contribution in [0.2, 0.25) is 0 Å². The number of likely N-dealkylation sites (tertiary alicyclic amines) is 1. The lowest BCUT2D eigenvalue weighted by Crippen LogP contribution is -2.60. The smallest absolute Gasteiger partial charge is 0.410 e. The van der Waals surface area contributed by atoms with Crippen molar-refractivity contribution in [1.82, 2.24) is 9.80 Å². The van der Waals surface area contributed by atoms with Gasteiger partial charge >= 0.3 is 6.09 Å². The summed E-state index contributed by atoms with van der Waals surface area (Å²) < 4.78 is 26.2. The van der Waals surface area contributed by atoms with Crippen molar-refractivity contribution in [3.8, 4) is 0 Å². The fraction of sp³-hybridized carbons (Fsp3) is 0.952. The average molecular weight is 713 g/mol. The predicted molar refractivity (Wildman–Crippen MR) is 193 cm³/mol. The number of nitrogens with zero attached hydrogens (tertiary/aromatic N) is 2. The van der Waals surface area contributed by atoms with Crippen LogP contribution in [-0.2, 0) is 23.7 Å². The number of hydrogen-bond acceptors (Lipinski definition) is 7. The van der Waals surface area contributed by atoms with E-state index in [1.807, 2.05) is 18.7 Å². The summed E-state index contributed by atoms with van der Waals surface area (Å²) in [5.41, 5.74) is 0.308. The molecular formula is C42H68N2O7. The lowest BCUT2D eigenvalue weighted by molar-refractivity contribution is -0.248. The van der Waals surface area contributed by atoms with Gasteiger partial charge in [0.2, 0.25) is 5.91 Å². The zero-order valence-corrected chi connectivity index (χ0v) is 33.1. The van der Waals surface area contributed by atoms with Crippen LogP contribution in [-0.4, -0.2) is 96.5 Å². The van der Waals surface area contributed by atoms with Gasteiger partial charge in [-0.2, -0.15) is 0 Å². The molecule has 14 atom stereocenters. The molecule has 8 aliphatic rings. The quantitative estimate of drug-likeness (QED) is 0.320. The fourth-order valence-electron chi connectivity index (χ4n) is 14.5. The maximum atomic E-state index is 13.0. The summed E-state index contributed by atoms with van der Waals surface area (Å²) in [7, 11) is 0. The molecule has 0 aromatic carbocycles. The van der Waals surface area contributed by atoms with Gasteiger partial charge in [-0.1, -0.05) is 62.3 Å². The molecule has 9 heteroatoms. The van der Waals surface area contributed by atoms with Gasteiger partial charge in [-0.05, 0) is 109 Å². The van der Waals surface area contributed by atoms with E-state index in [4.69, 9.17) is 18.9 Å². The van der Waals surface area contributed by atoms with E-state index in [2.05, 4.69) is 48.5 Å². The second-order valence-electron chi connectivity index (χ2n) is 20.4. The fourth-order valence-corrected chi connectivity index (χ4v) is 14.5. The highest BCUT2D eigenvalue weighted by Gasteiger charge is 2.84. The van der Waals surface area contributed by atoms with Gasteiger partial charge in [0.15, 0.2) is 6.29 Å². The Hall–Kier alpha value is -1.42. The Bertz CT molecular complexity index is 1380. The molecule has 8 fully saturated rings. The Morgan fingerprint density at radius 3 is 2.27 bits per heavy atom. The SMILES string of the molecule is CC(C)C(=O)N1CCO[C@@H](O[C@H]2CC[C@]34CC35CC[C@]3(C)[C@@H]6C(OC([C@H](OC(=O)N7CCC7)C(C)C)C[C@H]6C)[C@H](O)[C@@]3(C)C5CC[C@H]4C2(C)C)C1. The van der Waals surface area contributed by atoms with E-state index in [0.29, 0.717) is 42.9 Å². The van der Waals surface area contributed by atoms with Crippen molar-refractivity contribution < 1.29 is 33.6 Å². The first-order chi connectivity index (χ1) is 24.0. The maximum Gasteiger partial charge on any atom is 0.410 e. The molecule has 5 saturated carbocycles. The van der Waals surface area contributed by atoms with Crippen LogP contribution in [0.25, 0.3) is 0 Å². The Morgan fingerprint density at radius 2 is 1.61 bits per heavy atom. The molecule has 9 nitrogen and oxygen atoms in total. The first-order valence-electron chi connectivity index (χ1n) is 20.9. The van der Waals surface area contributed by atoms with E-state index < -0.39 is 6.10 Å². The number of hydrogen-bond donors (Lipinski definition) is 1. The molecule has 2 amide bonds. The van der Waals surface area contributed by atoms with Crippen molar-refractivity contribution in [1.29, 1.82) is 0 Å². The second kappa shape index (κ2) is 12.3. The number of carbonyl (C=O) groups excluding carboxylic acids is 2. The number of amides is 2. The van der Waals surface area contributed by atoms with Crippen molar-refractivity contribution in [2.45, 2.75) is 157 Å². The Kier molecular flexibility index (Phi) is 8.81. The van der Waals surface area contributed by atoms with Crippen LogP contribution in [0.1, 0.15) is 120 Å². The Labute approximate surface area is 307 Å². The van der Waals surface area contributed by atoms with Crippen molar-refractivity contribution >= 4 is 12.0 Å². The van der Waals surface area contributed by atoms with Crippen molar-refractivity contribution in [2.24, 2.45) is 62.6 Å². The topological polar surface area (TPSA) is 97.8 Å². The molecule has 5 aliphatic carbocycles. The van der Waals surface area contributed by atoms with Gasteiger partial charge in [-0.3, -0.25) is 4.79 Å². The second-order valence-corrected chi connectivity index (χ2v) is 20.4. The highest BCUT2D eigenvalue weighted by Crippen LogP contribution is 2.89. The van der Waals surface area contributed by atoms with Gasteiger partial charge in [0.25, 0.3) is 0 Å². The van der Waals surface area contributed by atoms with E-state index in [1.54, 1.807) is 4.90 Å². The summed E-state index contributed by atoms with van der Waals surface area (Å²) in [4.78, 5) is 29.5. The van der Waals surface area contributed by atoms with E-state index in [9.17, 15) is 14.7 Å². The van der Waals surface area contributed by atoms with Crippen molar-refractivity contribution in [3.63, 3.8) is 0 Å². The lowest BCUT2D eigenvalue weighted by Gasteiger charge is -2.64. The van der Waals surface area contributed by atoms with Gasteiger partial charge in [-0.25, -0.2) is 4.79 Å². The van der Waals surface area contributed by atoms with Gasteiger partial charge in [-0.15, -0.1) is 0 Å². The molecule has 1 N–H and O–H groups in total. The Balaban J connectivity index is 1.01. The minimum atomic E-state index is -0.541. The highest BCUT2D eigenvalue weighted by molar-refractivity contribution is 5.78. The summed E-state index contributed by atoms with van der Waals surface area (Å²) in [6.07, 6.45) is 8.28. The van der Waals surface area contributed by atoms with Gasteiger partial charge < -0.3 is 33.9 Å². The molecule has 3 heterocycles. The van der Waals surface area contributed by atoms with E-state index in [-0.39, 0.29) is 82.1 Å². The number of fused-ring (bicyclic) bond motifs is 4. The monoisotopic (exact) mass is 713 g/mol. The van der Waals surface area contributed by atoms with E-state index in [1.165, 1.54) is 19.3 Å². The molecule has 3 aliphatic heterocycles. The third kappa shape index (κ3) is 5.04. The van der Waals surface area contributed by atoms with Crippen molar-refractivity contribution in [2.75, 3.05) is 32.8 Å². The highest BCUT2D eigenvalue weighted by atomic mass is 16.7. The molecule has 0 radical (unpaired) electrons. The normalized spacial score (nSPS) is 48.8. The molecule has 0 aromatic rings. The van der Waals surface area contributed by atoms with Crippen molar-refractivity contribution in [3.05, 3.63) is 0 Å². The summed E-state index contributed by atoms with van der Waals surface area (Å²) in [5, 5.41) is 12.7. The van der Waals surface area contributed by atoms with Crippen LogP contribution in [0.3, 0.4) is 0 Å². The van der Waals surface area contributed by atoms with Gasteiger partial charge in [0.05, 0.1) is 37.6 Å². The lowest BCUT2D eigenvalue weighted by atomic mass is 9.41. The van der Waals surface area contributed by atoms with Crippen LogP contribution in [0.15, 0.2) is 0 Å². The minimum absolute atomic E-state index is 0.00541. The molecule has 2 spiro atoms. The number of morpholine rings is 1. The standard InChI is InChI=1S/C42H68N2O7/c1-24(2)33(51-37(47)43-17-10-18-43)27-21-26(5)32-34(49-27)35(45)40(9)29-12-11-28-38(6,7)30(50-31-22-44(19-20-48-31)36(46)25(3)4)13-14-41(28)23-42(29,41)16-15-39(32,40)8/h24-35,45H,10-23H2,1-9H3/t26-,27?,28+,29?,30+,31+,32+,33-,34?,35+,39-,40-,41-,42?/m1/s1. The molecule has 3 saturated heterocycles. The number of aliphatic hydroxyl groups excluding tert-OH is 1. The van der Waals surface area contributed by atoms with Crippen LogP contribution in [0.5, 0.6) is 0 Å². The molecule has 0 bridgehead atoms. The first-order valence-corrected chi connectivity index (χ1v) is 20.9. The molecular weight excluding hydrogens is 644 g/mol. The van der Waals surface area contributed by atoms with E-state index in [0.717, 1.165) is 51.6 Å². The number of aliphatic hydroxyl groups is 1. The number of ether oxygens (including phenoxy) is 4. The van der Waals surface area contributed by atoms with Crippen LogP contribution < -0.4 is 0 Å². The molecule has 288 valence electrons. The third-order valence-corrected chi connectivity index (χ3v) is 17.3. The Morgan fingerprint density at radius 1 is 0.902 bits per heavy atom. The van der Waals surface area contributed by atoms with E-state index >= 15 is 0 Å². The summed E-state index contributed by atoms with van der Waals surface area (Å²) in [5.74, 6) is 1.98. The summed E-state index contributed by atoms with van der Waals surface area (Å²) in [6, 6.07) is 0. The first kappa shape index (κ1) is 36.6. The molecule has 51 heavy (non-hydrogen) atoms. The minimum Gasteiger partial charge on any atom is -0.443 e. The third-order valence-electron chi connectivity index (χ3n) is 17.3. The maximum absolute atomic E-state index is 13.0. The number of rotatable bonds is 6. The molecule has 8 rings (SSSR count). The largest absolute Gasteiger partial charge is 0.443 e. The predicted octanol–water partition coefficient (Wildman–Crippen LogP) is 6.89. The summed E-state index contributed by atoms with van der Waals surface area (Å²) in [6.45, 7) is 23.6. The van der Waals surface area contributed by atoms with Gasteiger partial charge in [0, 0.05) is 31.0 Å². The zero-order chi connectivity index (χ0) is 36.5. The van der Waals surface area contributed by atoms with Crippen LogP contribution in [0, 0.1) is 62.6 Å². The average Bonchev–Trinajstić information content (AvgIpc) is 3.68. The zero-order valence-electron chi connectivity index (χ0n) is 33.1.